The van der Waals surface area contributed by atoms with Gasteiger partial charge in [-0.05, 0) is 24.8 Å². The molecule has 0 aromatic heterocycles. The molecule has 0 heterocycles. The average Bonchev–Trinajstić information content (AvgIpc) is 2.12. The molecule has 0 radical (unpaired) electrons. The predicted molar refractivity (Wildman–Crippen MR) is 65.8 cm³/mol. The first kappa shape index (κ1) is 15.4. The Kier molecular flexibility index (Phi) is 6.61. The summed E-state index contributed by atoms with van der Waals surface area (Å²) in [5, 5.41) is 11.7. The number of hydrogen-bond donors (Lipinski definition) is 1. The van der Waals surface area contributed by atoms with E-state index in [1.807, 2.05) is 0 Å². The summed E-state index contributed by atoms with van der Waals surface area (Å²) in [6.45, 7) is 5.74. The molecule has 0 aliphatic carbocycles. The van der Waals surface area contributed by atoms with Gasteiger partial charge in [-0.15, -0.1) is 0 Å². The van der Waals surface area contributed by atoms with Crippen LogP contribution in [-0.4, -0.2) is 33.5 Å². The van der Waals surface area contributed by atoms with E-state index in [4.69, 9.17) is 5.26 Å². The Bertz CT molecular complexity index is 328. The first-order chi connectivity index (χ1) is 7.27. The summed E-state index contributed by atoms with van der Waals surface area (Å²) in [6, 6.07) is 2.14. The van der Waals surface area contributed by atoms with E-state index in [-0.39, 0.29) is 11.2 Å². The maximum atomic E-state index is 10.9. The molecule has 0 bridgehead atoms. The molecule has 0 aromatic rings. The van der Waals surface area contributed by atoms with Gasteiger partial charge in [0.1, 0.15) is 9.84 Å². The highest BCUT2D eigenvalue weighted by Crippen LogP contribution is 2.20. The zero-order chi connectivity index (χ0) is 12.7. The Morgan fingerprint density at radius 1 is 1.38 bits per heavy atom. The molecular formula is C11H22N2O2S. The van der Waals surface area contributed by atoms with Crippen LogP contribution in [-0.2, 0) is 9.84 Å². The first-order valence-corrected chi connectivity index (χ1v) is 7.58. The van der Waals surface area contributed by atoms with Crippen molar-refractivity contribution in [1.82, 2.24) is 5.32 Å². The summed E-state index contributed by atoms with van der Waals surface area (Å²) in [7, 11) is -2.84. The molecule has 4 nitrogen and oxygen atoms in total. The number of sulfone groups is 1. The largest absolute Gasteiger partial charge is 0.316 e. The lowest BCUT2D eigenvalue weighted by Gasteiger charge is -2.23. The molecular weight excluding hydrogens is 224 g/mol. The third-order valence-electron chi connectivity index (χ3n) is 2.39. The van der Waals surface area contributed by atoms with Gasteiger partial charge in [0, 0.05) is 19.2 Å². The first-order valence-electron chi connectivity index (χ1n) is 5.52. The molecule has 0 saturated carbocycles. The van der Waals surface area contributed by atoms with Gasteiger partial charge in [-0.25, -0.2) is 8.42 Å². The summed E-state index contributed by atoms with van der Waals surface area (Å²) in [5.41, 5.74) is 0.0980. The van der Waals surface area contributed by atoms with E-state index in [9.17, 15) is 8.42 Å². The van der Waals surface area contributed by atoms with Gasteiger partial charge < -0.3 is 5.32 Å². The Labute approximate surface area is 99.0 Å². The van der Waals surface area contributed by atoms with E-state index in [1.54, 1.807) is 0 Å². The minimum Gasteiger partial charge on any atom is -0.316 e. The zero-order valence-electron chi connectivity index (χ0n) is 10.4. The van der Waals surface area contributed by atoms with Gasteiger partial charge in [0.05, 0.1) is 11.8 Å². The predicted octanol–water partition coefficient (Wildman–Crippen LogP) is 1.34. The van der Waals surface area contributed by atoms with Crippen LogP contribution in [0.5, 0.6) is 0 Å². The lowest BCUT2D eigenvalue weighted by Crippen LogP contribution is -2.30. The number of rotatable bonds is 8. The number of nitrogens with zero attached hydrogens (tertiary/aromatic N) is 1. The number of nitriles is 1. The minimum absolute atomic E-state index is 0.0980. The Morgan fingerprint density at radius 2 is 2.00 bits per heavy atom. The molecule has 0 aromatic carbocycles. The summed E-state index contributed by atoms with van der Waals surface area (Å²) < 4.78 is 21.7. The van der Waals surface area contributed by atoms with Crippen LogP contribution >= 0.6 is 0 Å². The van der Waals surface area contributed by atoms with Crippen LogP contribution < -0.4 is 5.32 Å². The fraction of sp³-hybridized carbons (Fsp3) is 0.909. The van der Waals surface area contributed by atoms with Crippen molar-refractivity contribution in [3.63, 3.8) is 0 Å². The van der Waals surface area contributed by atoms with Crippen LogP contribution in [0.1, 0.15) is 33.1 Å². The Hall–Kier alpha value is -0.600. The van der Waals surface area contributed by atoms with Crippen LogP contribution in [0.4, 0.5) is 0 Å². The van der Waals surface area contributed by atoms with Crippen molar-refractivity contribution in [2.45, 2.75) is 33.1 Å². The molecule has 0 spiro atoms. The Morgan fingerprint density at radius 3 is 2.50 bits per heavy atom. The molecule has 0 unspecified atom stereocenters. The molecule has 0 amide bonds. The molecule has 0 aliphatic heterocycles. The fourth-order valence-electron chi connectivity index (χ4n) is 1.37. The van der Waals surface area contributed by atoms with Crippen LogP contribution in [0, 0.1) is 16.7 Å². The molecule has 94 valence electrons. The topological polar surface area (TPSA) is 70.0 Å². The maximum absolute atomic E-state index is 10.9. The van der Waals surface area contributed by atoms with Gasteiger partial charge in [0.25, 0.3) is 0 Å². The van der Waals surface area contributed by atoms with Gasteiger partial charge in [0.15, 0.2) is 0 Å². The third kappa shape index (κ3) is 9.94. The molecule has 16 heavy (non-hydrogen) atoms. The highest BCUT2D eigenvalue weighted by Gasteiger charge is 2.16. The highest BCUT2D eigenvalue weighted by atomic mass is 32.2. The molecule has 0 saturated heterocycles. The number of hydrogen-bond acceptors (Lipinski definition) is 4. The molecule has 5 heteroatoms. The van der Waals surface area contributed by atoms with Gasteiger partial charge in [-0.2, -0.15) is 5.26 Å². The average molecular weight is 246 g/mol. The molecule has 1 N–H and O–H groups in total. The normalized spacial score (nSPS) is 12.4. The SMILES string of the molecule is CC(C)(CCC#N)CNCCCS(C)(=O)=O. The second-order valence-corrected chi connectivity index (χ2v) is 7.24. The van der Waals surface area contributed by atoms with E-state index in [2.05, 4.69) is 25.2 Å². The van der Waals surface area contributed by atoms with Crippen LogP contribution in [0.2, 0.25) is 0 Å². The van der Waals surface area contributed by atoms with Gasteiger partial charge in [0.2, 0.25) is 0 Å². The summed E-state index contributed by atoms with van der Waals surface area (Å²) in [6.07, 6.45) is 3.33. The van der Waals surface area contributed by atoms with Crippen molar-refractivity contribution in [3.8, 4) is 6.07 Å². The van der Waals surface area contributed by atoms with Crippen molar-refractivity contribution in [3.05, 3.63) is 0 Å². The smallest absolute Gasteiger partial charge is 0.147 e. The molecule has 0 atom stereocenters. The second-order valence-electron chi connectivity index (χ2n) is 4.98. The quantitative estimate of drug-likeness (QED) is 0.656. The van der Waals surface area contributed by atoms with Crippen molar-refractivity contribution >= 4 is 9.84 Å². The second kappa shape index (κ2) is 6.87. The summed E-state index contributed by atoms with van der Waals surface area (Å²) in [5.74, 6) is 0.235. The van der Waals surface area contributed by atoms with Crippen molar-refractivity contribution < 1.29 is 8.42 Å². The van der Waals surface area contributed by atoms with Gasteiger partial charge in [-0.1, -0.05) is 13.8 Å². The van der Waals surface area contributed by atoms with Crippen molar-refractivity contribution in [2.75, 3.05) is 25.1 Å². The fourth-order valence-corrected chi connectivity index (χ4v) is 2.04. The van der Waals surface area contributed by atoms with Crippen LogP contribution in [0.3, 0.4) is 0 Å². The zero-order valence-corrected chi connectivity index (χ0v) is 11.2. The lowest BCUT2D eigenvalue weighted by molar-refractivity contribution is 0.319. The lowest BCUT2D eigenvalue weighted by atomic mass is 9.88. The Balaban J connectivity index is 3.62. The van der Waals surface area contributed by atoms with Crippen LogP contribution in [0.25, 0.3) is 0 Å². The standard InChI is InChI=1S/C11H22N2O2S/c1-11(2,6-4-7-12)10-13-8-5-9-16(3,14)15/h13H,4-6,8-10H2,1-3H3. The van der Waals surface area contributed by atoms with E-state index in [0.717, 1.165) is 13.0 Å². The van der Waals surface area contributed by atoms with Gasteiger partial charge >= 0.3 is 0 Å². The maximum Gasteiger partial charge on any atom is 0.147 e. The minimum atomic E-state index is -2.84. The van der Waals surface area contributed by atoms with E-state index < -0.39 is 9.84 Å². The third-order valence-corrected chi connectivity index (χ3v) is 3.42. The van der Waals surface area contributed by atoms with Gasteiger partial charge in [-0.3, -0.25) is 0 Å². The van der Waals surface area contributed by atoms with Crippen molar-refractivity contribution in [2.24, 2.45) is 5.41 Å². The van der Waals surface area contributed by atoms with E-state index in [1.165, 1.54) is 6.26 Å². The number of nitrogens with one attached hydrogen (secondary N) is 1. The molecule has 0 rings (SSSR count). The highest BCUT2D eigenvalue weighted by molar-refractivity contribution is 7.90. The van der Waals surface area contributed by atoms with E-state index >= 15 is 0 Å². The molecule has 0 aliphatic rings. The summed E-state index contributed by atoms with van der Waals surface area (Å²) in [4.78, 5) is 0. The van der Waals surface area contributed by atoms with Crippen molar-refractivity contribution in [1.29, 1.82) is 5.26 Å². The monoisotopic (exact) mass is 246 g/mol. The van der Waals surface area contributed by atoms with E-state index in [0.29, 0.717) is 19.4 Å². The molecule has 0 fully saturated rings. The van der Waals surface area contributed by atoms with Crippen LogP contribution in [0.15, 0.2) is 0 Å². The summed E-state index contributed by atoms with van der Waals surface area (Å²) >= 11 is 0.